The van der Waals surface area contributed by atoms with E-state index >= 15 is 0 Å². The summed E-state index contributed by atoms with van der Waals surface area (Å²) < 4.78 is 0. The molecule has 1 rings (SSSR count). The van der Waals surface area contributed by atoms with Gasteiger partial charge in [0.15, 0.2) is 0 Å². The van der Waals surface area contributed by atoms with Crippen molar-refractivity contribution >= 4 is 18.1 Å². The quantitative estimate of drug-likeness (QED) is 0.610. The van der Waals surface area contributed by atoms with Gasteiger partial charge in [0, 0.05) is 17.7 Å². The Kier molecular flexibility index (Phi) is 4.53. The molecule has 14 heavy (non-hydrogen) atoms. The van der Waals surface area contributed by atoms with E-state index in [-0.39, 0.29) is 29.1 Å². The fourth-order valence-electron chi connectivity index (χ4n) is 1.11. The van der Waals surface area contributed by atoms with Gasteiger partial charge >= 0.3 is 0 Å². The molecule has 5 heteroatoms. The van der Waals surface area contributed by atoms with Gasteiger partial charge < -0.3 is 5.73 Å². The first kappa shape index (κ1) is 12.9. The molecule has 0 aromatic heterocycles. The summed E-state index contributed by atoms with van der Waals surface area (Å²) in [5, 5.41) is 10.6. The van der Waals surface area contributed by atoms with E-state index in [0.29, 0.717) is 5.56 Å². The van der Waals surface area contributed by atoms with Crippen LogP contribution >= 0.6 is 12.4 Å². The lowest BCUT2D eigenvalue weighted by atomic mass is 10.1. The summed E-state index contributed by atoms with van der Waals surface area (Å²) in [5.41, 5.74) is 7.19. The first-order valence-electron chi connectivity index (χ1n) is 4.03. The monoisotopic (exact) mass is 216 g/mol. The van der Waals surface area contributed by atoms with Gasteiger partial charge in [0.05, 0.1) is 4.92 Å². The minimum absolute atomic E-state index is 0. The van der Waals surface area contributed by atoms with Crippen molar-refractivity contribution in [3.63, 3.8) is 0 Å². The number of rotatable bonds is 2. The molecule has 0 saturated heterocycles. The standard InChI is InChI=1S/C9H12N2O2.ClH/c1-6-3-4-8(7(2)10)5-9(6)11(12)13;/h3-5,7H,10H2,1-2H3;1H/t7-;/m0./s1. The molecule has 0 radical (unpaired) electrons. The van der Waals surface area contributed by atoms with Crippen LogP contribution in [0.25, 0.3) is 0 Å². The average molecular weight is 217 g/mol. The van der Waals surface area contributed by atoms with E-state index in [0.717, 1.165) is 5.56 Å². The molecule has 4 nitrogen and oxygen atoms in total. The van der Waals surface area contributed by atoms with Crippen LogP contribution in [0.3, 0.4) is 0 Å². The zero-order chi connectivity index (χ0) is 10.0. The Hall–Kier alpha value is -1.13. The molecule has 0 heterocycles. The highest BCUT2D eigenvalue weighted by Crippen LogP contribution is 2.21. The number of benzene rings is 1. The van der Waals surface area contributed by atoms with Gasteiger partial charge in [-0.1, -0.05) is 12.1 Å². The smallest absolute Gasteiger partial charge is 0.272 e. The van der Waals surface area contributed by atoms with E-state index in [4.69, 9.17) is 5.73 Å². The Balaban J connectivity index is 0.00000169. The van der Waals surface area contributed by atoms with Crippen LogP contribution in [0.5, 0.6) is 0 Å². The number of hydrogen-bond donors (Lipinski definition) is 1. The largest absolute Gasteiger partial charge is 0.324 e. The second kappa shape index (κ2) is 4.93. The fourth-order valence-corrected chi connectivity index (χ4v) is 1.11. The lowest BCUT2D eigenvalue weighted by Crippen LogP contribution is -2.05. The molecule has 0 fully saturated rings. The van der Waals surface area contributed by atoms with E-state index in [9.17, 15) is 10.1 Å². The van der Waals surface area contributed by atoms with Crippen LogP contribution in [0.1, 0.15) is 24.1 Å². The van der Waals surface area contributed by atoms with Gasteiger partial charge in [-0.25, -0.2) is 0 Å². The maximum Gasteiger partial charge on any atom is 0.272 e. The van der Waals surface area contributed by atoms with E-state index < -0.39 is 0 Å². The zero-order valence-electron chi connectivity index (χ0n) is 8.06. The molecule has 0 amide bonds. The Morgan fingerprint density at radius 1 is 1.50 bits per heavy atom. The number of nitrogens with two attached hydrogens (primary N) is 1. The maximum atomic E-state index is 10.6. The highest BCUT2D eigenvalue weighted by Gasteiger charge is 2.11. The molecule has 1 aromatic rings. The molecule has 1 atom stereocenters. The number of aryl methyl sites for hydroxylation is 1. The molecular weight excluding hydrogens is 204 g/mol. The van der Waals surface area contributed by atoms with Gasteiger partial charge in [0.1, 0.15) is 0 Å². The molecule has 2 N–H and O–H groups in total. The van der Waals surface area contributed by atoms with Crippen molar-refractivity contribution in [1.29, 1.82) is 0 Å². The first-order chi connectivity index (χ1) is 6.02. The minimum Gasteiger partial charge on any atom is -0.324 e. The van der Waals surface area contributed by atoms with Crippen molar-refractivity contribution in [3.8, 4) is 0 Å². The SMILES string of the molecule is Cc1ccc([C@H](C)N)cc1[N+](=O)[O-].Cl. The van der Waals surface area contributed by atoms with Gasteiger partial charge in [-0.3, -0.25) is 10.1 Å². The van der Waals surface area contributed by atoms with E-state index in [2.05, 4.69) is 0 Å². The second-order valence-electron chi connectivity index (χ2n) is 3.09. The Morgan fingerprint density at radius 3 is 2.50 bits per heavy atom. The predicted octanol–water partition coefficient (Wildman–Crippen LogP) is 2.34. The second-order valence-corrected chi connectivity index (χ2v) is 3.09. The lowest BCUT2D eigenvalue weighted by Gasteiger charge is -2.05. The molecule has 0 bridgehead atoms. The summed E-state index contributed by atoms with van der Waals surface area (Å²) in [6.45, 7) is 3.51. The summed E-state index contributed by atoms with van der Waals surface area (Å²) in [6, 6.07) is 4.89. The highest BCUT2D eigenvalue weighted by molar-refractivity contribution is 5.85. The van der Waals surface area contributed by atoms with Crippen molar-refractivity contribution in [2.75, 3.05) is 0 Å². The molecule has 0 aliphatic rings. The molecule has 78 valence electrons. The summed E-state index contributed by atoms with van der Waals surface area (Å²) >= 11 is 0. The zero-order valence-corrected chi connectivity index (χ0v) is 8.88. The van der Waals surface area contributed by atoms with Gasteiger partial charge in [-0.2, -0.15) is 0 Å². The first-order valence-corrected chi connectivity index (χ1v) is 4.03. The molecule has 0 saturated carbocycles. The topological polar surface area (TPSA) is 69.2 Å². The van der Waals surface area contributed by atoms with Crippen molar-refractivity contribution < 1.29 is 4.92 Å². The van der Waals surface area contributed by atoms with Gasteiger partial charge in [-0.15, -0.1) is 12.4 Å². The molecule has 0 aliphatic carbocycles. The number of hydrogen-bond acceptors (Lipinski definition) is 3. The molecule has 1 aromatic carbocycles. The number of nitrogens with zero attached hydrogens (tertiary/aromatic N) is 1. The van der Waals surface area contributed by atoms with Crippen LogP contribution in [0, 0.1) is 17.0 Å². The lowest BCUT2D eigenvalue weighted by molar-refractivity contribution is -0.385. The summed E-state index contributed by atoms with van der Waals surface area (Å²) in [7, 11) is 0. The summed E-state index contributed by atoms with van der Waals surface area (Å²) in [6.07, 6.45) is 0. The number of halogens is 1. The third-order valence-electron chi connectivity index (χ3n) is 1.96. The van der Waals surface area contributed by atoms with Crippen molar-refractivity contribution in [2.45, 2.75) is 19.9 Å². The molecular formula is C9H13ClN2O2. The number of nitro benzene ring substituents is 1. The Labute approximate surface area is 88.7 Å². The summed E-state index contributed by atoms with van der Waals surface area (Å²) in [4.78, 5) is 10.2. The van der Waals surface area contributed by atoms with Crippen LogP contribution in [0.15, 0.2) is 18.2 Å². The van der Waals surface area contributed by atoms with Crippen LogP contribution < -0.4 is 5.73 Å². The normalized spacial score (nSPS) is 11.6. The van der Waals surface area contributed by atoms with Gasteiger partial charge in [0.25, 0.3) is 5.69 Å². The third kappa shape index (κ3) is 2.68. The van der Waals surface area contributed by atoms with E-state index in [1.807, 2.05) is 6.07 Å². The van der Waals surface area contributed by atoms with Crippen molar-refractivity contribution in [3.05, 3.63) is 39.4 Å². The van der Waals surface area contributed by atoms with Crippen LogP contribution in [0.2, 0.25) is 0 Å². The van der Waals surface area contributed by atoms with E-state index in [1.54, 1.807) is 19.9 Å². The summed E-state index contributed by atoms with van der Waals surface area (Å²) in [5.74, 6) is 0. The van der Waals surface area contributed by atoms with E-state index in [1.165, 1.54) is 6.07 Å². The van der Waals surface area contributed by atoms with Crippen LogP contribution in [-0.2, 0) is 0 Å². The fraction of sp³-hybridized carbons (Fsp3) is 0.333. The average Bonchev–Trinajstić information content (AvgIpc) is 2.04. The third-order valence-corrected chi connectivity index (χ3v) is 1.96. The van der Waals surface area contributed by atoms with Crippen LogP contribution in [0.4, 0.5) is 5.69 Å². The molecule has 0 unspecified atom stereocenters. The highest BCUT2D eigenvalue weighted by atomic mass is 35.5. The predicted molar refractivity (Wildman–Crippen MR) is 57.7 cm³/mol. The molecule has 0 spiro atoms. The number of nitro groups is 1. The van der Waals surface area contributed by atoms with Gasteiger partial charge in [0.2, 0.25) is 0 Å². The van der Waals surface area contributed by atoms with Crippen LogP contribution in [-0.4, -0.2) is 4.92 Å². The van der Waals surface area contributed by atoms with Crippen molar-refractivity contribution in [2.24, 2.45) is 5.73 Å². The van der Waals surface area contributed by atoms with Crippen molar-refractivity contribution in [1.82, 2.24) is 0 Å². The Bertz CT molecular complexity index is 340. The van der Waals surface area contributed by atoms with Gasteiger partial charge in [-0.05, 0) is 19.4 Å². The Morgan fingerprint density at radius 2 is 2.07 bits per heavy atom. The molecule has 0 aliphatic heterocycles. The minimum atomic E-state index is -0.388. The maximum absolute atomic E-state index is 10.6.